The maximum atomic E-state index is 13.0. The van der Waals surface area contributed by atoms with Gasteiger partial charge in [0.2, 0.25) is 10.0 Å². The van der Waals surface area contributed by atoms with Crippen LogP contribution in [0, 0.1) is 0 Å². The fourth-order valence-electron chi connectivity index (χ4n) is 4.12. The maximum Gasteiger partial charge on any atom is 0.240 e. The van der Waals surface area contributed by atoms with Crippen molar-refractivity contribution in [3.63, 3.8) is 0 Å². The number of hydrogen-bond acceptors (Lipinski definition) is 7. The summed E-state index contributed by atoms with van der Waals surface area (Å²) in [4.78, 5) is 4.91. The van der Waals surface area contributed by atoms with E-state index in [1.807, 2.05) is 71.7 Å². The number of benzene rings is 3. The van der Waals surface area contributed by atoms with Crippen LogP contribution in [0.15, 0.2) is 117 Å². The Kier molecular flexibility index (Phi) is 7.54. The van der Waals surface area contributed by atoms with Crippen molar-refractivity contribution in [2.45, 2.75) is 17.4 Å². The third-order valence-electron chi connectivity index (χ3n) is 5.96. The van der Waals surface area contributed by atoms with Crippen molar-refractivity contribution >= 4 is 37.4 Å². The van der Waals surface area contributed by atoms with E-state index >= 15 is 0 Å². The Hall–Kier alpha value is -3.28. The highest BCUT2D eigenvalue weighted by Crippen LogP contribution is 2.30. The molecular formula is C27H26BrN5O3S. The van der Waals surface area contributed by atoms with Crippen molar-refractivity contribution in [2.24, 2.45) is 4.99 Å². The highest BCUT2D eigenvalue weighted by atomic mass is 79.9. The summed E-state index contributed by atoms with van der Waals surface area (Å²) < 4.78 is 29.5. The molecule has 0 amide bonds. The molecule has 3 aromatic carbocycles. The summed E-state index contributed by atoms with van der Waals surface area (Å²) >= 11 is 3.59. The second kappa shape index (κ2) is 11.0. The Labute approximate surface area is 224 Å². The van der Waals surface area contributed by atoms with Crippen LogP contribution in [0.1, 0.15) is 11.1 Å². The quantitative estimate of drug-likeness (QED) is 0.308. The SMILES string of the molecule is O=S(=O)(N[C@@H](CO)Cc1ccccc1)c1ccc(NC2=CC(c3ccccc3)=NC3=C(Br)CNN23)cc1. The van der Waals surface area contributed by atoms with Crippen molar-refractivity contribution in [3.8, 4) is 0 Å². The number of aliphatic hydroxyl groups excluding tert-OH is 1. The zero-order chi connectivity index (χ0) is 25.8. The summed E-state index contributed by atoms with van der Waals surface area (Å²) in [7, 11) is -3.82. The van der Waals surface area contributed by atoms with Crippen molar-refractivity contribution in [1.29, 1.82) is 0 Å². The standard InChI is InChI=1S/C27H26BrN5O3S/c28-24-17-29-33-26(16-25(31-27(24)33)20-9-5-2-6-10-20)30-21-11-13-23(14-12-21)37(35,36)32-22(18-34)15-19-7-3-1-4-8-19/h1-14,16,22,29-30,32,34H,15,17-18H2/t22-/m1/s1. The smallest absolute Gasteiger partial charge is 0.240 e. The fraction of sp³-hybridized carbons (Fsp3) is 0.148. The number of hydrogen-bond donors (Lipinski definition) is 4. The van der Waals surface area contributed by atoms with E-state index < -0.39 is 16.1 Å². The van der Waals surface area contributed by atoms with Crippen LogP contribution < -0.4 is 15.5 Å². The first-order valence-corrected chi connectivity index (χ1v) is 14.0. The average molecular weight is 581 g/mol. The highest BCUT2D eigenvalue weighted by Gasteiger charge is 2.28. The van der Waals surface area contributed by atoms with Crippen molar-refractivity contribution in [3.05, 3.63) is 118 Å². The topological polar surface area (TPSA) is 106 Å². The Balaban J connectivity index is 1.33. The van der Waals surface area contributed by atoms with E-state index in [2.05, 4.69) is 31.4 Å². The van der Waals surface area contributed by atoms with Gasteiger partial charge >= 0.3 is 0 Å². The zero-order valence-electron chi connectivity index (χ0n) is 19.8. The number of nitrogens with zero attached hydrogens (tertiary/aromatic N) is 2. The minimum Gasteiger partial charge on any atom is -0.395 e. The largest absolute Gasteiger partial charge is 0.395 e. The Morgan fingerprint density at radius 1 is 1.00 bits per heavy atom. The number of aliphatic imine (C=N–C) groups is 1. The number of aliphatic hydroxyl groups is 1. The third kappa shape index (κ3) is 5.84. The zero-order valence-corrected chi connectivity index (χ0v) is 22.2. The van der Waals surface area contributed by atoms with Crippen LogP contribution in [0.3, 0.4) is 0 Å². The number of allylic oxidation sites excluding steroid dienone is 1. The molecule has 4 N–H and O–H groups in total. The number of nitrogens with one attached hydrogen (secondary N) is 3. The van der Waals surface area contributed by atoms with Gasteiger partial charge in [-0.3, -0.25) is 0 Å². The van der Waals surface area contributed by atoms with E-state index in [4.69, 9.17) is 4.99 Å². The van der Waals surface area contributed by atoms with Crippen LogP contribution in [-0.4, -0.2) is 43.4 Å². The van der Waals surface area contributed by atoms with Crippen LogP contribution in [0.2, 0.25) is 0 Å². The van der Waals surface area contributed by atoms with Crippen molar-refractivity contribution in [2.75, 3.05) is 18.5 Å². The van der Waals surface area contributed by atoms with E-state index in [9.17, 15) is 13.5 Å². The highest BCUT2D eigenvalue weighted by molar-refractivity contribution is 9.11. The van der Waals surface area contributed by atoms with Gasteiger partial charge in [-0.25, -0.2) is 28.6 Å². The monoisotopic (exact) mass is 579 g/mol. The van der Waals surface area contributed by atoms with Gasteiger partial charge in [-0.05, 0) is 36.2 Å². The first kappa shape index (κ1) is 25.4. The Bertz CT molecular complexity index is 1460. The maximum absolute atomic E-state index is 13.0. The molecule has 0 saturated heterocycles. The molecule has 0 bridgehead atoms. The minimum absolute atomic E-state index is 0.122. The Morgan fingerprint density at radius 2 is 1.68 bits per heavy atom. The molecule has 3 aromatic rings. The fourth-order valence-corrected chi connectivity index (χ4v) is 5.74. The van der Waals surface area contributed by atoms with Gasteiger partial charge in [0, 0.05) is 23.4 Å². The number of anilines is 1. The summed E-state index contributed by atoms with van der Waals surface area (Å²) in [5.74, 6) is 1.52. The average Bonchev–Trinajstić information content (AvgIpc) is 3.30. The van der Waals surface area contributed by atoms with Gasteiger partial charge in [0.15, 0.2) is 5.82 Å². The van der Waals surface area contributed by atoms with E-state index in [-0.39, 0.29) is 11.5 Å². The predicted molar refractivity (Wildman–Crippen MR) is 148 cm³/mol. The molecule has 0 unspecified atom stereocenters. The van der Waals surface area contributed by atoms with Gasteiger partial charge < -0.3 is 10.4 Å². The lowest BCUT2D eigenvalue weighted by Crippen LogP contribution is -2.39. The Morgan fingerprint density at radius 3 is 2.35 bits per heavy atom. The summed E-state index contributed by atoms with van der Waals surface area (Å²) in [6, 6.07) is 25.3. The van der Waals surface area contributed by atoms with Crippen LogP contribution in [0.25, 0.3) is 0 Å². The second-order valence-corrected chi connectivity index (χ2v) is 11.3. The van der Waals surface area contributed by atoms with Gasteiger partial charge in [-0.1, -0.05) is 76.6 Å². The molecule has 0 radical (unpaired) electrons. The molecule has 2 aliphatic rings. The van der Waals surface area contributed by atoms with Crippen molar-refractivity contribution < 1.29 is 13.5 Å². The normalized spacial score (nSPS) is 16.2. The van der Waals surface area contributed by atoms with E-state index in [1.165, 1.54) is 0 Å². The molecule has 8 nitrogen and oxygen atoms in total. The molecule has 5 rings (SSSR count). The molecule has 37 heavy (non-hydrogen) atoms. The van der Waals surface area contributed by atoms with Gasteiger partial charge in [-0.15, -0.1) is 0 Å². The molecule has 2 heterocycles. The number of fused-ring (bicyclic) bond motifs is 1. The van der Waals surface area contributed by atoms with Crippen LogP contribution in [-0.2, 0) is 16.4 Å². The molecular weight excluding hydrogens is 554 g/mol. The lowest BCUT2D eigenvalue weighted by Gasteiger charge is -2.28. The molecule has 0 fully saturated rings. The van der Waals surface area contributed by atoms with Gasteiger partial charge in [0.05, 0.1) is 28.2 Å². The van der Waals surface area contributed by atoms with E-state index in [0.717, 1.165) is 33.0 Å². The molecule has 0 aliphatic carbocycles. The van der Waals surface area contributed by atoms with Crippen LogP contribution in [0.5, 0.6) is 0 Å². The third-order valence-corrected chi connectivity index (χ3v) is 8.13. The lowest BCUT2D eigenvalue weighted by atomic mass is 10.1. The van der Waals surface area contributed by atoms with Gasteiger partial charge in [0.25, 0.3) is 0 Å². The molecule has 10 heteroatoms. The number of halogens is 1. The number of sulfonamides is 1. The number of rotatable bonds is 9. The van der Waals surface area contributed by atoms with Gasteiger partial charge in [0.1, 0.15) is 5.82 Å². The second-order valence-electron chi connectivity index (χ2n) is 8.63. The summed E-state index contributed by atoms with van der Waals surface area (Å²) in [5, 5.41) is 15.0. The summed E-state index contributed by atoms with van der Waals surface area (Å²) in [6.07, 6.45) is 2.34. The minimum atomic E-state index is -3.82. The molecule has 0 saturated carbocycles. The first-order chi connectivity index (χ1) is 17.9. The summed E-state index contributed by atoms with van der Waals surface area (Å²) in [5.41, 5.74) is 6.74. The van der Waals surface area contributed by atoms with E-state index in [0.29, 0.717) is 18.7 Å². The molecule has 1 atom stereocenters. The van der Waals surface area contributed by atoms with Crippen molar-refractivity contribution in [1.82, 2.24) is 15.2 Å². The van der Waals surface area contributed by atoms with E-state index in [1.54, 1.807) is 24.3 Å². The predicted octanol–water partition coefficient (Wildman–Crippen LogP) is 3.71. The molecule has 2 aliphatic heterocycles. The van der Waals surface area contributed by atoms with Gasteiger partial charge in [-0.2, -0.15) is 0 Å². The number of hydrazine groups is 1. The molecule has 0 spiro atoms. The lowest BCUT2D eigenvalue weighted by molar-refractivity contribution is 0.256. The first-order valence-electron chi connectivity index (χ1n) is 11.8. The molecule has 190 valence electrons. The summed E-state index contributed by atoms with van der Waals surface area (Å²) in [6.45, 7) is 0.305. The van der Waals surface area contributed by atoms with Crippen LogP contribution >= 0.6 is 15.9 Å². The van der Waals surface area contributed by atoms with Crippen LogP contribution in [0.4, 0.5) is 5.69 Å². The molecule has 0 aromatic heterocycles.